The molecule has 1 nitrogen and oxygen atoms in total. The van der Waals surface area contributed by atoms with Gasteiger partial charge in [-0.3, -0.25) is 0 Å². The van der Waals surface area contributed by atoms with Crippen molar-refractivity contribution in [2.24, 2.45) is 5.92 Å². The van der Waals surface area contributed by atoms with Crippen LogP contribution in [0.1, 0.15) is 32.6 Å². The van der Waals surface area contributed by atoms with Gasteiger partial charge in [0.15, 0.2) is 0 Å². The fourth-order valence-electron chi connectivity index (χ4n) is 1.77. The normalized spacial score (nSPS) is 24.0. The van der Waals surface area contributed by atoms with Crippen LogP contribution in [0.3, 0.4) is 0 Å². The molecule has 0 saturated carbocycles. The Morgan fingerprint density at radius 3 is 2.69 bits per heavy atom. The van der Waals surface area contributed by atoms with E-state index in [1.54, 1.807) is 0 Å². The summed E-state index contributed by atoms with van der Waals surface area (Å²) in [5, 5.41) is 0. The average molecular weight is 198 g/mol. The fourth-order valence-corrected chi connectivity index (χ4v) is 2.73. The van der Waals surface area contributed by atoms with Crippen molar-refractivity contribution in [1.82, 2.24) is 0 Å². The third-order valence-electron chi connectivity index (χ3n) is 2.38. The lowest BCUT2D eigenvalue weighted by Crippen LogP contribution is -2.26. The lowest BCUT2D eigenvalue weighted by molar-refractivity contribution is 0.355. The lowest BCUT2D eigenvalue weighted by Gasteiger charge is -2.26. The predicted octanol–water partition coefficient (Wildman–Crippen LogP) is 3.93. The van der Waals surface area contributed by atoms with Crippen LogP contribution in [0.15, 0.2) is 11.8 Å². The third kappa shape index (κ3) is 3.99. The first-order valence-electron chi connectivity index (χ1n) is 5.41. The van der Waals surface area contributed by atoms with E-state index in [1.807, 2.05) is 0 Å². The van der Waals surface area contributed by atoms with Gasteiger partial charge in [0.1, 0.15) is 0 Å². The molecule has 0 fully saturated rings. The molecule has 76 valence electrons. The zero-order valence-corrected chi connectivity index (χ0v) is 10.4. The largest absolute Gasteiger partial charge is 0.548 e. The van der Waals surface area contributed by atoms with Crippen LogP contribution >= 0.6 is 0 Å². The molecule has 1 atom stereocenters. The van der Waals surface area contributed by atoms with Crippen molar-refractivity contribution in [3.8, 4) is 0 Å². The highest BCUT2D eigenvalue weighted by Crippen LogP contribution is 2.27. The molecule has 0 amide bonds. The summed E-state index contributed by atoms with van der Waals surface area (Å²) in [6, 6.07) is 0. The first-order chi connectivity index (χ1) is 6.01. The van der Waals surface area contributed by atoms with Crippen molar-refractivity contribution in [3.63, 3.8) is 0 Å². The first-order valence-corrected chi connectivity index (χ1v) is 8.82. The summed E-state index contributed by atoms with van der Waals surface area (Å²) in [6.07, 6.45) is 7.46. The molecule has 0 aromatic carbocycles. The van der Waals surface area contributed by atoms with Crippen LogP contribution in [-0.4, -0.2) is 8.32 Å². The van der Waals surface area contributed by atoms with E-state index in [1.165, 1.54) is 31.4 Å². The number of allylic oxidation sites excluding steroid dienone is 2. The molecule has 1 rings (SSSR count). The van der Waals surface area contributed by atoms with Crippen molar-refractivity contribution < 1.29 is 4.43 Å². The first kappa shape index (κ1) is 10.8. The van der Waals surface area contributed by atoms with E-state index in [2.05, 4.69) is 32.6 Å². The third-order valence-corrected chi connectivity index (χ3v) is 3.26. The van der Waals surface area contributed by atoms with Gasteiger partial charge in [-0.2, -0.15) is 0 Å². The Kier molecular flexibility index (Phi) is 3.60. The Morgan fingerprint density at radius 2 is 2.15 bits per heavy atom. The molecule has 0 spiro atoms. The highest BCUT2D eigenvalue weighted by Gasteiger charge is 2.20. The summed E-state index contributed by atoms with van der Waals surface area (Å²) in [4.78, 5) is 0. The van der Waals surface area contributed by atoms with Crippen LogP contribution < -0.4 is 0 Å². The Balaban J connectivity index is 2.54. The summed E-state index contributed by atoms with van der Waals surface area (Å²) >= 11 is 0. The van der Waals surface area contributed by atoms with Gasteiger partial charge in [0, 0.05) is 6.42 Å². The van der Waals surface area contributed by atoms with E-state index in [0.29, 0.717) is 0 Å². The number of hydrogen-bond donors (Lipinski definition) is 0. The van der Waals surface area contributed by atoms with Crippen molar-refractivity contribution in [1.29, 1.82) is 0 Å². The Morgan fingerprint density at radius 1 is 1.46 bits per heavy atom. The molecule has 1 unspecified atom stereocenters. The molecular weight excluding hydrogens is 176 g/mol. The van der Waals surface area contributed by atoms with Gasteiger partial charge in [0.2, 0.25) is 8.32 Å². The molecule has 0 heterocycles. The van der Waals surface area contributed by atoms with Gasteiger partial charge in [-0.25, -0.2) is 0 Å². The molecule has 0 aromatic heterocycles. The van der Waals surface area contributed by atoms with Gasteiger partial charge in [0.05, 0.1) is 5.76 Å². The predicted molar refractivity (Wildman–Crippen MR) is 60.1 cm³/mol. The van der Waals surface area contributed by atoms with Crippen LogP contribution in [0.2, 0.25) is 19.6 Å². The van der Waals surface area contributed by atoms with E-state index < -0.39 is 8.32 Å². The minimum Gasteiger partial charge on any atom is -0.548 e. The second-order valence-corrected chi connectivity index (χ2v) is 9.34. The molecule has 0 N–H and O–H groups in total. The van der Waals surface area contributed by atoms with E-state index in [4.69, 9.17) is 4.43 Å². The smallest absolute Gasteiger partial charge is 0.241 e. The van der Waals surface area contributed by atoms with E-state index >= 15 is 0 Å². The quantitative estimate of drug-likeness (QED) is 0.624. The van der Waals surface area contributed by atoms with Crippen LogP contribution in [0.4, 0.5) is 0 Å². The van der Waals surface area contributed by atoms with Crippen LogP contribution in [0.5, 0.6) is 0 Å². The fraction of sp³-hybridized carbons (Fsp3) is 0.818. The van der Waals surface area contributed by atoms with Gasteiger partial charge in [-0.05, 0) is 50.9 Å². The Hall–Kier alpha value is -0.243. The van der Waals surface area contributed by atoms with Crippen LogP contribution in [0.25, 0.3) is 0 Å². The molecule has 1 aliphatic carbocycles. The highest BCUT2D eigenvalue weighted by molar-refractivity contribution is 6.70. The maximum absolute atomic E-state index is 6.01. The van der Waals surface area contributed by atoms with Crippen LogP contribution in [0, 0.1) is 5.92 Å². The Labute approximate surface area is 83.3 Å². The van der Waals surface area contributed by atoms with E-state index in [-0.39, 0.29) is 0 Å². The van der Waals surface area contributed by atoms with Crippen molar-refractivity contribution in [2.45, 2.75) is 52.2 Å². The molecule has 13 heavy (non-hydrogen) atoms. The maximum atomic E-state index is 6.01. The summed E-state index contributed by atoms with van der Waals surface area (Å²) in [7, 11) is -1.36. The highest BCUT2D eigenvalue weighted by atomic mass is 28.4. The van der Waals surface area contributed by atoms with Crippen LogP contribution in [-0.2, 0) is 4.43 Å². The molecule has 1 aliphatic rings. The lowest BCUT2D eigenvalue weighted by atomic mass is 9.93. The van der Waals surface area contributed by atoms with Gasteiger partial charge < -0.3 is 4.43 Å². The molecule has 0 bridgehead atoms. The summed E-state index contributed by atoms with van der Waals surface area (Å²) in [6.45, 7) is 9.02. The zero-order valence-electron chi connectivity index (χ0n) is 9.39. The average Bonchev–Trinajstić information content (AvgIpc) is 2.01. The Bertz CT molecular complexity index is 191. The van der Waals surface area contributed by atoms with E-state index in [9.17, 15) is 0 Å². The molecule has 0 aromatic rings. The molecule has 2 heteroatoms. The molecule has 0 aliphatic heterocycles. The minimum absolute atomic E-state index is 0.778. The molecular formula is C11H22OSi. The monoisotopic (exact) mass is 198 g/mol. The zero-order chi connectivity index (χ0) is 9.90. The SMILES string of the molecule is CCC1C=C(O[Si](C)(C)C)CCC1. The standard InChI is InChI=1S/C11H22OSi/c1-5-10-7-6-8-11(9-10)12-13(2,3)4/h9-10H,5-8H2,1-4H3. The van der Waals surface area contributed by atoms with Gasteiger partial charge in [-0.15, -0.1) is 0 Å². The minimum atomic E-state index is -1.36. The van der Waals surface area contributed by atoms with Crippen molar-refractivity contribution >= 4 is 8.32 Å². The van der Waals surface area contributed by atoms with Gasteiger partial charge in [-0.1, -0.05) is 6.92 Å². The summed E-state index contributed by atoms with van der Waals surface area (Å²) in [5.74, 6) is 2.05. The molecule has 0 radical (unpaired) electrons. The van der Waals surface area contributed by atoms with E-state index in [0.717, 1.165) is 5.92 Å². The summed E-state index contributed by atoms with van der Waals surface area (Å²) < 4.78 is 6.01. The van der Waals surface area contributed by atoms with Gasteiger partial charge >= 0.3 is 0 Å². The second-order valence-electron chi connectivity index (χ2n) is 4.91. The maximum Gasteiger partial charge on any atom is 0.241 e. The molecule has 0 saturated heterocycles. The van der Waals surface area contributed by atoms with Crippen molar-refractivity contribution in [3.05, 3.63) is 11.8 Å². The van der Waals surface area contributed by atoms with Gasteiger partial charge in [0.25, 0.3) is 0 Å². The summed E-state index contributed by atoms with van der Waals surface area (Å²) in [5.41, 5.74) is 0. The van der Waals surface area contributed by atoms with Crippen molar-refractivity contribution in [2.75, 3.05) is 0 Å². The second kappa shape index (κ2) is 4.31. The number of hydrogen-bond acceptors (Lipinski definition) is 1. The number of rotatable bonds is 3. The topological polar surface area (TPSA) is 9.23 Å².